The van der Waals surface area contributed by atoms with Crippen molar-refractivity contribution in [3.8, 4) is 0 Å². The third-order valence-corrected chi connectivity index (χ3v) is 1.65. The second kappa shape index (κ2) is 2.52. The average molecular weight is 141 g/mol. The maximum absolute atomic E-state index is 5.42. The quantitative estimate of drug-likeness (QED) is 0.531. The highest BCUT2D eigenvalue weighted by Gasteiger charge is 2.28. The Balaban J connectivity index is 2.69. The van der Waals surface area contributed by atoms with Gasteiger partial charge in [-0.2, -0.15) is 4.84 Å². The van der Waals surface area contributed by atoms with Gasteiger partial charge in [-0.05, 0) is 6.92 Å². The summed E-state index contributed by atoms with van der Waals surface area (Å²) < 4.78 is 0.399. The van der Waals surface area contributed by atoms with E-state index in [9.17, 15) is 0 Å². The molecule has 0 bridgehead atoms. The van der Waals surface area contributed by atoms with Crippen molar-refractivity contribution in [2.75, 3.05) is 13.7 Å². The lowest BCUT2D eigenvalue weighted by Gasteiger charge is -2.21. The van der Waals surface area contributed by atoms with Gasteiger partial charge in [0.25, 0.3) is 0 Å². The van der Waals surface area contributed by atoms with Gasteiger partial charge in [0.05, 0.1) is 6.20 Å². The molecule has 1 rings (SSSR count). The van der Waals surface area contributed by atoms with Crippen LogP contribution in [0.15, 0.2) is 17.4 Å². The number of quaternary nitrogens is 1. The number of rotatable bonds is 2. The second-order valence-electron chi connectivity index (χ2n) is 2.38. The summed E-state index contributed by atoms with van der Waals surface area (Å²) in [7, 11) is 1.96. The van der Waals surface area contributed by atoms with E-state index in [4.69, 9.17) is 4.84 Å². The third kappa shape index (κ3) is 1.10. The maximum atomic E-state index is 5.42. The van der Waals surface area contributed by atoms with Gasteiger partial charge in [-0.25, -0.2) is 4.99 Å². The first kappa shape index (κ1) is 7.44. The number of nitrogens with zero attached hydrogens (tertiary/aromatic N) is 2. The van der Waals surface area contributed by atoms with Crippen molar-refractivity contribution in [2.45, 2.75) is 13.8 Å². The van der Waals surface area contributed by atoms with Crippen LogP contribution in [0.5, 0.6) is 0 Å². The molecule has 0 radical (unpaired) electrons. The molecule has 3 nitrogen and oxygen atoms in total. The molecule has 0 saturated heterocycles. The summed E-state index contributed by atoms with van der Waals surface area (Å²) in [6, 6.07) is 0. The zero-order valence-electron chi connectivity index (χ0n) is 6.66. The molecular weight excluding hydrogens is 128 g/mol. The van der Waals surface area contributed by atoms with E-state index in [1.807, 2.05) is 27.1 Å². The van der Waals surface area contributed by atoms with Gasteiger partial charge in [0.15, 0.2) is 6.20 Å². The van der Waals surface area contributed by atoms with E-state index in [-0.39, 0.29) is 0 Å². The number of aliphatic imine (C=N–C) groups is 1. The zero-order valence-corrected chi connectivity index (χ0v) is 6.66. The Kier molecular flexibility index (Phi) is 1.87. The highest BCUT2D eigenvalue weighted by Crippen LogP contribution is 2.13. The molecule has 1 atom stereocenters. The van der Waals surface area contributed by atoms with Crippen molar-refractivity contribution < 1.29 is 9.48 Å². The molecule has 1 heterocycles. The van der Waals surface area contributed by atoms with Crippen LogP contribution >= 0.6 is 0 Å². The Labute approximate surface area is 61.2 Å². The molecule has 56 valence electrons. The van der Waals surface area contributed by atoms with Crippen molar-refractivity contribution in [1.82, 2.24) is 0 Å². The Hall–Kier alpha value is -0.670. The topological polar surface area (TPSA) is 21.6 Å². The van der Waals surface area contributed by atoms with Gasteiger partial charge >= 0.3 is 0 Å². The SMILES string of the molecule is CCO[N+]1(C)C=CN=C1C. The Morgan fingerprint density at radius 2 is 2.40 bits per heavy atom. The fraction of sp³-hybridized carbons (Fsp3) is 0.571. The van der Waals surface area contributed by atoms with Crippen molar-refractivity contribution in [3.05, 3.63) is 12.4 Å². The molecule has 3 heteroatoms. The van der Waals surface area contributed by atoms with E-state index in [1.165, 1.54) is 0 Å². The summed E-state index contributed by atoms with van der Waals surface area (Å²) in [5.41, 5.74) is 0. The molecule has 0 aromatic carbocycles. The zero-order chi connectivity index (χ0) is 7.61. The molecule has 0 fully saturated rings. The molecule has 10 heavy (non-hydrogen) atoms. The first-order chi connectivity index (χ1) is 4.69. The van der Waals surface area contributed by atoms with E-state index < -0.39 is 0 Å². The number of hydrogen-bond donors (Lipinski definition) is 0. The van der Waals surface area contributed by atoms with Crippen molar-refractivity contribution in [1.29, 1.82) is 0 Å². The lowest BCUT2D eigenvalue weighted by atomic mass is 10.6. The fourth-order valence-electron chi connectivity index (χ4n) is 0.896. The molecular formula is C7H13N2O+. The molecule has 0 saturated carbocycles. The van der Waals surface area contributed by atoms with Crippen LogP contribution in [0.25, 0.3) is 0 Å². The van der Waals surface area contributed by atoms with E-state index in [0.29, 0.717) is 11.3 Å². The lowest BCUT2D eigenvalue weighted by Crippen LogP contribution is -2.40. The summed E-state index contributed by atoms with van der Waals surface area (Å²) in [5.74, 6) is 0.974. The van der Waals surface area contributed by atoms with Crippen LogP contribution in [0.3, 0.4) is 0 Å². The van der Waals surface area contributed by atoms with E-state index in [2.05, 4.69) is 4.99 Å². The van der Waals surface area contributed by atoms with Crippen molar-refractivity contribution in [2.24, 2.45) is 4.99 Å². The minimum Gasteiger partial charge on any atom is -0.200 e. The maximum Gasteiger partial charge on any atom is 0.237 e. The number of hydroxylamine groups is 3. The predicted octanol–water partition coefficient (Wildman–Crippen LogP) is 1.29. The van der Waals surface area contributed by atoms with Crippen LogP contribution in [0.4, 0.5) is 0 Å². The third-order valence-electron chi connectivity index (χ3n) is 1.65. The highest BCUT2D eigenvalue weighted by molar-refractivity contribution is 5.74. The van der Waals surface area contributed by atoms with Crippen LogP contribution < -0.4 is 0 Å². The summed E-state index contributed by atoms with van der Waals surface area (Å²) in [6.07, 6.45) is 3.68. The van der Waals surface area contributed by atoms with Gasteiger partial charge in [0.2, 0.25) is 5.84 Å². The second-order valence-corrected chi connectivity index (χ2v) is 2.38. The summed E-state index contributed by atoms with van der Waals surface area (Å²) >= 11 is 0. The summed E-state index contributed by atoms with van der Waals surface area (Å²) in [5, 5.41) is 0. The smallest absolute Gasteiger partial charge is 0.200 e. The van der Waals surface area contributed by atoms with Gasteiger partial charge < -0.3 is 0 Å². The van der Waals surface area contributed by atoms with Crippen molar-refractivity contribution >= 4 is 5.84 Å². The van der Waals surface area contributed by atoms with Crippen molar-refractivity contribution in [3.63, 3.8) is 0 Å². The largest absolute Gasteiger partial charge is 0.237 e. The van der Waals surface area contributed by atoms with Crippen LogP contribution in [-0.2, 0) is 4.84 Å². The Morgan fingerprint density at radius 1 is 1.70 bits per heavy atom. The standard InChI is InChI=1S/C7H13N2O/c1-4-10-9(3)6-5-8-7(9)2/h5-6H,4H2,1-3H3/q+1. The first-order valence-electron chi connectivity index (χ1n) is 3.42. The van der Waals surface area contributed by atoms with Crippen LogP contribution in [0.1, 0.15) is 13.8 Å². The monoisotopic (exact) mass is 141 g/mol. The molecule has 0 amide bonds. The van der Waals surface area contributed by atoms with Crippen LogP contribution in [-0.4, -0.2) is 24.1 Å². The minimum atomic E-state index is 0.399. The predicted molar refractivity (Wildman–Crippen MR) is 40.1 cm³/mol. The molecule has 1 aliphatic rings. The van der Waals surface area contributed by atoms with Gasteiger partial charge in [-0.15, -0.1) is 4.65 Å². The summed E-state index contributed by atoms with van der Waals surface area (Å²) in [6.45, 7) is 4.63. The molecule has 0 aromatic heterocycles. The fourth-order valence-corrected chi connectivity index (χ4v) is 0.896. The first-order valence-corrected chi connectivity index (χ1v) is 3.42. The molecule has 0 aliphatic carbocycles. The van der Waals surface area contributed by atoms with Gasteiger partial charge in [-0.1, -0.05) is 0 Å². The Bertz CT molecular complexity index is 186. The molecule has 0 N–H and O–H groups in total. The van der Waals surface area contributed by atoms with E-state index in [0.717, 1.165) is 5.84 Å². The molecule has 0 aromatic rings. The van der Waals surface area contributed by atoms with Crippen LogP contribution in [0, 0.1) is 0 Å². The molecule has 0 spiro atoms. The number of hydrogen-bond acceptors (Lipinski definition) is 2. The average Bonchev–Trinajstić information content (AvgIpc) is 2.15. The Morgan fingerprint density at radius 3 is 2.80 bits per heavy atom. The van der Waals surface area contributed by atoms with E-state index >= 15 is 0 Å². The van der Waals surface area contributed by atoms with Gasteiger partial charge in [0, 0.05) is 6.92 Å². The normalized spacial score (nSPS) is 30.9. The van der Waals surface area contributed by atoms with Gasteiger partial charge in [-0.3, -0.25) is 0 Å². The molecule has 1 aliphatic heterocycles. The molecule has 1 unspecified atom stereocenters. The van der Waals surface area contributed by atoms with Crippen LogP contribution in [0.2, 0.25) is 0 Å². The highest BCUT2D eigenvalue weighted by atomic mass is 16.7. The van der Waals surface area contributed by atoms with E-state index in [1.54, 1.807) is 6.20 Å². The minimum absolute atomic E-state index is 0.399. The summed E-state index contributed by atoms with van der Waals surface area (Å²) in [4.78, 5) is 9.51. The van der Waals surface area contributed by atoms with Gasteiger partial charge in [0.1, 0.15) is 13.7 Å². The number of amidine groups is 1. The lowest BCUT2D eigenvalue weighted by molar-refractivity contribution is -0.977.